The van der Waals surface area contributed by atoms with Crippen molar-refractivity contribution in [2.75, 3.05) is 6.54 Å². The SMILES string of the molecule is Cc1nc(-c2ccccc2)sc1C1CCCN1. The van der Waals surface area contributed by atoms with Crippen LogP contribution in [-0.4, -0.2) is 11.5 Å². The van der Waals surface area contributed by atoms with Crippen LogP contribution in [0.15, 0.2) is 30.3 Å². The molecule has 1 aromatic carbocycles. The van der Waals surface area contributed by atoms with E-state index in [1.54, 1.807) is 0 Å². The first-order valence-electron chi connectivity index (χ1n) is 6.11. The minimum atomic E-state index is 0.532. The van der Waals surface area contributed by atoms with Gasteiger partial charge in [-0.3, -0.25) is 0 Å². The maximum absolute atomic E-state index is 4.70. The van der Waals surface area contributed by atoms with E-state index in [1.807, 2.05) is 17.4 Å². The molecule has 0 spiro atoms. The topological polar surface area (TPSA) is 24.9 Å². The van der Waals surface area contributed by atoms with Crippen LogP contribution in [0.3, 0.4) is 0 Å². The third-order valence-corrected chi connectivity index (χ3v) is 4.55. The van der Waals surface area contributed by atoms with Crippen molar-refractivity contribution in [2.24, 2.45) is 0 Å². The summed E-state index contributed by atoms with van der Waals surface area (Å²) in [5, 5.41) is 4.69. The molecule has 3 rings (SSSR count). The fourth-order valence-electron chi connectivity index (χ4n) is 2.34. The van der Waals surface area contributed by atoms with Crippen molar-refractivity contribution in [3.63, 3.8) is 0 Å². The zero-order chi connectivity index (χ0) is 11.7. The predicted octanol–water partition coefficient (Wildman–Crippen LogP) is 3.54. The van der Waals surface area contributed by atoms with E-state index < -0.39 is 0 Å². The summed E-state index contributed by atoms with van der Waals surface area (Å²) in [4.78, 5) is 6.12. The molecular formula is C14H16N2S. The van der Waals surface area contributed by atoms with E-state index in [0.717, 1.165) is 11.6 Å². The van der Waals surface area contributed by atoms with E-state index in [-0.39, 0.29) is 0 Å². The molecule has 1 saturated heterocycles. The van der Waals surface area contributed by atoms with Gasteiger partial charge >= 0.3 is 0 Å². The number of thiazole rings is 1. The quantitative estimate of drug-likeness (QED) is 0.874. The van der Waals surface area contributed by atoms with Gasteiger partial charge in [0.15, 0.2) is 0 Å². The number of aryl methyl sites for hydroxylation is 1. The zero-order valence-corrected chi connectivity index (χ0v) is 10.8. The van der Waals surface area contributed by atoms with Crippen molar-refractivity contribution in [3.05, 3.63) is 40.9 Å². The zero-order valence-electron chi connectivity index (χ0n) is 9.94. The molecule has 1 aliphatic heterocycles. The fraction of sp³-hybridized carbons (Fsp3) is 0.357. The Morgan fingerprint density at radius 1 is 1.29 bits per heavy atom. The molecule has 2 aromatic rings. The highest BCUT2D eigenvalue weighted by Crippen LogP contribution is 2.34. The third-order valence-electron chi connectivity index (χ3n) is 3.23. The van der Waals surface area contributed by atoms with Gasteiger partial charge in [-0.05, 0) is 26.3 Å². The minimum absolute atomic E-state index is 0.532. The molecule has 1 unspecified atom stereocenters. The van der Waals surface area contributed by atoms with Gasteiger partial charge in [-0.1, -0.05) is 30.3 Å². The maximum atomic E-state index is 4.70. The van der Waals surface area contributed by atoms with Gasteiger partial charge in [0, 0.05) is 16.5 Å². The summed E-state index contributed by atoms with van der Waals surface area (Å²) in [5.41, 5.74) is 2.41. The lowest BCUT2D eigenvalue weighted by Gasteiger charge is -2.07. The van der Waals surface area contributed by atoms with Gasteiger partial charge in [0.2, 0.25) is 0 Å². The number of benzene rings is 1. The number of nitrogens with zero attached hydrogens (tertiary/aromatic N) is 1. The lowest BCUT2D eigenvalue weighted by molar-refractivity contribution is 0.654. The average Bonchev–Trinajstić information content (AvgIpc) is 2.99. The van der Waals surface area contributed by atoms with E-state index >= 15 is 0 Å². The molecule has 3 heteroatoms. The predicted molar refractivity (Wildman–Crippen MR) is 72.3 cm³/mol. The molecule has 1 N–H and O–H groups in total. The van der Waals surface area contributed by atoms with Crippen LogP contribution in [0.2, 0.25) is 0 Å². The van der Waals surface area contributed by atoms with Crippen molar-refractivity contribution in [1.82, 2.24) is 10.3 Å². The normalized spacial score (nSPS) is 19.7. The lowest BCUT2D eigenvalue weighted by atomic mass is 10.2. The van der Waals surface area contributed by atoms with Crippen molar-refractivity contribution >= 4 is 11.3 Å². The second-order valence-corrected chi connectivity index (χ2v) is 5.51. The first kappa shape index (κ1) is 10.9. The van der Waals surface area contributed by atoms with Gasteiger partial charge < -0.3 is 5.32 Å². The Kier molecular flexibility index (Phi) is 2.95. The summed E-state index contributed by atoms with van der Waals surface area (Å²) in [6.07, 6.45) is 2.53. The highest BCUT2D eigenvalue weighted by Gasteiger charge is 2.21. The minimum Gasteiger partial charge on any atom is -0.309 e. The van der Waals surface area contributed by atoms with Crippen LogP contribution < -0.4 is 5.32 Å². The van der Waals surface area contributed by atoms with Crippen LogP contribution >= 0.6 is 11.3 Å². The molecule has 1 atom stereocenters. The van der Waals surface area contributed by atoms with E-state index in [2.05, 4.69) is 36.5 Å². The lowest BCUT2D eigenvalue weighted by Crippen LogP contribution is -2.12. The Balaban J connectivity index is 1.95. The van der Waals surface area contributed by atoms with Crippen LogP contribution in [0.1, 0.15) is 29.5 Å². The molecule has 1 aromatic heterocycles. The molecule has 17 heavy (non-hydrogen) atoms. The summed E-state index contributed by atoms with van der Waals surface area (Å²) in [6, 6.07) is 11.0. The van der Waals surface area contributed by atoms with Crippen LogP contribution in [0.5, 0.6) is 0 Å². The van der Waals surface area contributed by atoms with Gasteiger partial charge in [0.05, 0.1) is 5.69 Å². The Morgan fingerprint density at radius 2 is 2.12 bits per heavy atom. The average molecular weight is 244 g/mol. The Labute approximate surface area is 106 Å². The third kappa shape index (κ3) is 2.13. The largest absolute Gasteiger partial charge is 0.309 e. The Morgan fingerprint density at radius 3 is 2.82 bits per heavy atom. The van der Waals surface area contributed by atoms with Gasteiger partial charge in [-0.2, -0.15) is 0 Å². The van der Waals surface area contributed by atoms with Crippen molar-refractivity contribution in [1.29, 1.82) is 0 Å². The summed E-state index contributed by atoms with van der Waals surface area (Å²) in [5.74, 6) is 0. The number of hydrogen-bond donors (Lipinski definition) is 1. The molecule has 2 nitrogen and oxygen atoms in total. The van der Waals surface area contributed by atoms with Gasteiger partial charge in [0.1, 0.15) is 5.01 Å². The van der Waals surface area contributed by atoms with Crippen LogP contribution in [0.4, 0.5) is 0 Å². The molecule has 0 bridgehead atoms. The highest BCUT2D eigenvalue weighted by atomic mass is 32.1. The van der Waals surface area contributed by atoms with E-state index in [0.29, 0.717) is 6.04 Å². The highest BCUT2D eigenvalue weighted by molar-refractivity contribution is 7.15. The number of nitrogens with one attached hydrogen (secondary N) is 1. The standard InChI is InChI=1S/C14H16N2S/c1-10-13(12-8-5-9-15-12)17-14(16-10)11-6-3-2-4-7-11/h2-4,6-7,12,15H,5,8-9H2,1H3. The van der Waals surface area contributed by atoms with Crippen LogP contribution in [-0.2, 0) is 0 Å². The number of rotatable bonds is 2. The summed E-state index contributed by atoms with van der Waals surface area (Å²) >= 11 is 1.84. The second-order valence-electron chi connectivity index (χ2n) is 4.48. The van der Waals surface area contributed by atoms with Gasteiger partial charge in [-0.25, -0.2) is 4.98 Å². The van der Waals surface area contributed by atoms with E-state index in [4.69, 9.17) is 4.98 Å². The number of aromatic nitrogens is 1. The Bertz CT molecular complexity index is 498. The van der Waals surface area contributed by atoms with E-state index in [1.165, 1.54) is 29.0 Å². The number of hydrogen-bond acceptors (Lipinski definition) is 3. The molecule has 2 heterocycles. The fourth-order valence-corrected chi connectivity index (χ4v) is 3.53. The van der Waals surface area contributed by atoms with Crippen LogP contribution in [0.25, 0.3) is 10.6 Å². The molecule has 0 aliphatic carbocycles. The monoisotopic (exact) mass is 244 g/mol. The molecule has 88 valence electrons. The second kappa shape index (κ2) is 4.59. The summed E-state index contributed by atoms with van der Waals surface area (Å²) in [6.45, 7) is 3.26. The molecule has 0 radical (unpaired) electrons. The smallest absolute Gasteiger partial charge is 0.123 e. The van der Waals surface area contributed by atoms with Crippen LogP contribution in [0, 0.1) is 6.92 Å². The van der Waals surface area contributed by atoms with Gasteiger partial charge in [0.25, 0.3) is 0 Å². The maximum Gasteiger partial charge on any atom is 0.123 e. The van der Waals surface area contributed by atoms with Gasteiger partial charge in [-0.15, -0.1) is 11.3 Å². The molecule has 0 amide bonds. The first-order valence-corrected chi connectivity index (χ1v) is 6.92. The molecule has 0 saturated carbocycles. The van der Waals surface area contributed by atoms with Crippen molar-refractivity contribution < 1.29 is 0 Å². The van der Waals surface area contributed by atoms with Crippen molar-refractivity contribution in [2.45, 2.75) is 25.8 Å². The summed E-state index contributed by atoms with van der Waals surface area (Å²) < 4.78 is 0. The van der Waals surface area contributed by atoms with Crippen molar-refractivity contribution in [3.8, 4) is 10.6 Å². The first-order chi connectivity index (χ1) is 8.34. The molecule has 1 aliphatic rings. The van der Waals surface area contributed by atoms with E-state index in [9.17, 15) is 0 Å². The molecular weight excluding hydrogens is 228 g/mol. The summed E-state index contributed by atoms with van der Waals surface area (Å²) in [7, 11) is 0. The Hall–Kier alpha value is -1.19. The molecule has 1 fully saturated rings.